The fourth-order valence-corrected chi connectivity index (χ4v) is 2.59. The highest BCUT2D eigenvalue weighted by Gasteiger charge is 2.20. The van der Waals surface area contributed by atoms with E-state index in [1.54, 1.807) is 0 Å². The number of nitrogens with one attached hydrogen (secondary N) is 1. The van der Waals surface area contributed by atoms with Crippen LogP contribution in [0.5, 0.6) is 0 Å². The van der Waals surface area contributed by atoms with Crippen molar-refractivity contribution >= 4 is 21.6 Å². The average Bonchev–Trinajstić information content (AvgIpc) is 2.70. The molecule has 2 rings (SSSR count). The van der Waals surface area contributed by atoms with E-state index in [-0.39, 0.29) is 0 Å². The molecule has 0 aliphatic carbocycles. The summed E-state index contributed by atoms with van der Waals surface area (Å²) in [5.74, 6) is 0.568. The van der Waals surface area contributed by atoms with Gasteiger partial charge in [0, 0.05) is 15.7 Å². The van der Waals surface area contributed by atoms with Gasteiger partial charge in [0.05, 0.1) is 6.10 Å². The van der Waals surface area contributed by atoms with Gasteiger partial charge in [0.25, 0.3) is 0 Å². The summed E-state index contributed by atoms with van der Waals surface area (Å²) in [6.45, 7) is 2.07. The predicted molar refractivity (Wildman–Crippen MR) is 69.1 cm³/mol. The van der Waals surface area contributed by atoms with Crippen LogP contribution >= 0.6 is 15.9 Å². The Morgan fingerprint density at radius 2 is 2.38 bits per heavy atom. The van der Waals surface area contributed by atoms with Gasteiger partial charge in [-0.05, 0) is 44.0 Å². The van der Waals surface area contributed by atoms with Crippen molar-refractivity contribution in [3.63, 3.8) is 0 Å². The molecule has 3 nitrogen and oxygen atoms in total. The van der Waals surface area contributed by atoms with E-state index >= 15 is 0 Å². The Bertz CT molecular complexity index is 364. The Labute approximate surface area is 104 Å². The molecule has 0 saturated carbocycles. The van der Waals surface area contributed by atoms with Crippen LogP contribution in [0.3, 0.4) is 0 Å². The zero-order valence-electron chi connectivity index (χ0n) is 9.12. The SMILES string of the molecule is Nc1cc(Br)ccc1C(O)CC1CCNC1. The van der Waals surface area contributed by atoms with Crippen LogP contribution in [0.15, 0.2) is 22.7 Å². The molecule has 2 unspecified atom stereocenters. The number of hydrogen-bond donors (Lipinski definition) is 3. The maximum Gasteiger partial charge on any atom is 0.0813 e. The smallest absolute Gasteiger partial charge is 0.0813 e. The first kappa shape index (κ1) is 11.9. The van der Waals surface area contributed by atoms with Crippen molar-refractivity contribution in [1.29, 1.82) is 0 Å². The molecule has 0 bridgehead atoms. The average molecular weight is 285 g/mol. The molecule has 0 radical (unpaired) electrons. The monoisotopic (exact) mass is 284 g/mol. The van der Waals surface area contributed by atoms with Crippen molar-refractivity contribution in [1.82, 2.24) is 5.32 Å². The van der Waals surface area contributed by atoms with Crippen LogP contribution in [0.25, 0.3) is 0 Å². The highest BCUT2D eigenvalue weighted by Crippen LogP contribution is 2.29. The van der Waals surface area contributed by atoms with E-state index in [1.165, 1.54) is 0 Å². The summed E-state index contributed by atoms with van der Waals surface area (Å²) in [6, 6.07) is 5.65. The molecule has 1 aromatic carbocycles. The van der Waals surface area contributed by atoms with E-state index in [1.807, 2.05) is 18.2 Å². The van der Waals surface area contributed by atoms with Gasteiger partial charge in [0.1, 0.15) is 0 Å². The Balaban J connectivity index is 2.04. The van der Waals surface area contributed by atoms with Gasteiger partial charge in [-0.15, -0.1) is 0 Å². The van der Waals surface area contributed by atoms with Gasteiger partial charge in [-0.25, -0.2) is 0 Å². The zero-order valence-corrected chi connectivity index (χ0v) is 10.7. The van der Waals surface area contributed by atoms with Crippen LogP contribution in [0.1, 0.15) is 24.5 Å². The van der Waals surface area contributed by atoms with Gasteiger partial charge in [-0.1, -0.05) is 22.0 Å². The summed E-state index contributed by atoms with van der Waals surface area (Å²) < 4.78 is 0.948. The number of rotatable bonds is 3. The molecule has 1 aliphatic heterocycles. The standard InChI is InChI=1S/C12H17BrN2O/c13-9-1-2-10(11(14)6-9)12(16)5-8-3-4-15-7-8/h1-2,6,8,12,15-16H,3-5,7,14H2. The molecular weight excluding hydrogens is 268 g/mol. The van der Waals surface area contributed by atoms with E-state index < -0.39 is 6.10 Å². The van der Waals surface area contributed by atoms with E-state index in [0.29, 0.717) is 11.6 Å². The summed E-state index contributed by atoms with van der Waals surface area (Å²) in [5.41, 5.74) is 7.39. The lowest BCUT2D eigenvalue weighted by Crippen LogP contribution is -2.12. The summed E-state index contributed by atoms with van der Waals surface area (Å²) in [5, 5.41) is 13.4. The van der Waals surface area contributed by atoms with Crippen molar-refractivity contribution in [3.05, 3.63) is 28.2 Å². The van der Waals surface area contributed by atoms with Crippen LogP contribution in [0.2, 0.25) is 0 Å². The molecule has 0 spiro atoms. The molecule has 88 valence electrons. The maximum absolute atomic E-state index is 10.1. The minimum atomic E-state index is -0.446. The van der Waals surface area contributed by atoms with E-state index in [9.17, 15) is 5.11 Å². The van der Waals surface area contributed by atoms with Crippen LogP contribution in [-0.2, 0) is 0 Å². The molecule has 4 N–H and O–H groups in total. The topological polar surface area (TPSA) is 58.3 Å². The van der Waals surface area contributed by atoms with E-state index in [2.05, 4.69) is 21.2 Å². The number of halogens is 1. The lowest BCUT2D eigenvalue weighted by molar-refractivity contribution is 0.148. The fourth-order valence-electron chi connectivity index (χ4n) is 2.21. The second kappa shape index (κ2) is 5.17. The number of anilines is 1. The molecule has 0 amide bonds. The Kier molecular flexibility index (Phi) is 3.84. The van der Waals surface area contributed by atoms with Gasteiger partial charge in [0.15, 0.2) is 0 Å². The minimum absolute atomic E-state index is 0.446. The maximum atomic E-state index is 10.1. The van der Waals surface area contributed by atoms with Crippen molar-refractivity contribution in [2.45, 2.75) is 18.9 Å². The first-order valence-electron chi connectivity index (χ1n) is 5.60. The Morgan fingerprint density at radius 1 is 1.56 bits per heavy atom. The zero-order chi connectivity index (χ0) is 11.5. The van der Waals surface area contributed by atoms with Crippen molar-refractivity contribution in [2.75, 3.05) is 18.8 Å². The second-order valence-electron chi connectivity index (χ2n) is 4.38. The van der Waals surface area contributed by atoms with Gasteiger partial charge >= 0.3 is 0 Å². The first-order chi connectivity index (χ1) is 7.66. The fraction of sp³-hybridized carbons (Fsp3) is 0.500. The third kappa shape index (κ3) is 2.75. The lowest BCUT2D eigenvalue weighted by Gasteiger charge is -2.17. The molecular formula is C12H17BrN2O. The molecule has 16 heavy (non-hydrogen) atoms. The van der Waals surface area contributed by atoms with E-state index in [0.717, 1.165) is 36.0 Å². The molecule has 4 heteroatoms. The van der Waals surface area contributed by atoms with Crippen LogP contribution in [0, 0.1) is 5.92 Å². The molecule has 1 aliphatic rings. The van der Waals surface area contributed by atoms with Crippen molar-refractivity contribution < 1.29 is 5.11 Å². The number of benzene rings is 1. The highest BCUT2D eigenvalue weighted by molar-refractivity contribution is 9.10. The predicted octanol–water partition coefficient (Wildman–Crippen LogP) is 2.06. The molecule has 1 aromatic rings. The number of nitrogens with two attached hydrogens (primary N) is 1. The largest absolute Gasteiger partial charge is 0.398 e. The van der Waals surface area contributed by atoms with Crippen molar-refractivity contribution in [2.24, 2.45) is 5.92 Å². The van der Waals surface area contributed by atoms with E-state index in [4.69, 9.17) is 5.73 Å². The molecule has 1 saturated heterocycles. The normalized spacial score (nSPS) is 22.2. The van der Waals surface area contributed by atoms with Gasteiger partial charge in [0.2, 0.25) is 0 Å². The van der Waals surface area contributed by atoms with Gasteiger partial charge < -0.3 is 16.2 Å². The third-order valence-corrected chi connectivity index (χ3v) is 3.62. The molecule has 1 heterocycles. The molecule has 2 atom stereocenters. The van der Waals surface area contributed by atoms with Gasteiger partial charge in [-0.3, -0.25) is 0 Å². The minimum Gasteiger partial charge on any atom is -0.398 e. The molecule has 1 fully saturated rings. The van der Waals surface area contributed by atoms with Crippen LogP contribution in [-0.4, -0.2) is 18.2 Å². The summed E-state index contributed by atoms with van der Waals surface area (Å²) in [7, 11) is 0. The number of hydrogen-bond acceptors (Lipinski definition) is 3. The number of aliphatic hydroxyl groups excluding tert-OH is 1. The van der Waals surface area contributed by atoms with Crippen LogP contribution in [0.4, 0.5) is 5.69 Å². The lowest BCUT2D eigenvalue weighted by atomic mass is 9.95. The quantitative estimate of drug-likeness (QED) is 0.745. The highest BCUT2D eigenvalue weighted by atomic mass is 79.9. The first-order valence-corrected chi connectivity index (χ1v) is 6.40. The summed E-state index contributed by atoms with van der Waals surface area (Å²) in [6.07, 6.45) is 1.49. The van der Waals surface area contributed by atoms with Crippen LogP contribution < -0.4 is 11.1 Å². The van der Waals surface area contributed by atoms with Gasteiger partial charge in [-0.2, -0.15) is 0 Å². The molecule has 0 aromatic heterocycles. The Hall–Kier alpha value is -0.580. The summed E-state index contributed by atoms with van der Waals surface area (Å²) >= 11 is 3.36. The number of nitrogen functional groups attached to an aromatic ring is 1. The summed E-state index contributed by atoms with van der Waals surface area (Å²) in [4.78, 5) is 0. The number of aliphatic hydroxyl groups is 1. The second-order valence-corrected chi connectivity index (χ2v) is 5.30. The Morgan fingerprint density at radius 3 is 3.00 bits per heavy atom. The third-order valence-electron chi connectivity index (χ3n) is 3.13. The van der Waals surface area contributed by atoms with Crippen molar-refractivity contribution in [3.8, 4) is 0 Å².